The molecule has 1 aromatic rings. The first-order chi connectivity index (χ1) is 8.47. The number of aliphatic hydroxyl groups is 1. The summed E-state index contributed by atoms with van der Waals surface area (Å²) in [7, 11) is 0. The van der Waals surface area contributed by atoms with Gasteiger partial charge in [-0.25, -0.2) is 4.39 Å². The molecule has 1 aliphatic rings. The van der Waals surface area contributed by atoms with E-state index < -0.39 is 10.7 Å². The zero-order valence-electron chi connectivity index (χ0n) is 9.40. The largest absolute Gasteiger partial charge is 0.393 e. The normalized spacial score (nSPS) is 22.4. The third kappa shape index (κ3) is 2.70. The molecule has 18 heavy (non-hydrogen) atoms. The fraction of sp³-hybridized carbons (Fsp3) is 0.455. The average molecular weight is 275 g/mol. The molecule has 2 N–H and O–H groups in total. The van der Waals surface area contributed by atoms with E-state index >= 15 is 0 Å². The van der Waals surface area contributed by atoms with Crippen LogP contribution in [0.4, 0.5) is 15.8 Å². The number of nitrogens with zero attached hydrogens (tertiary/aromatic N) is 1. The van der Waals surface area contributed by atoms with E-state index in [2.05, 4.69) is 5.32 Å². The third-order valence-electron chi connectivity index (χ3n) is 3.03. The Morgan fingerprint density at radius 3 is 2.78 bits per heavy atom. The number of hydrogen-bond acceptors (Lipinski definition) is 4. The molecule has 0 heterocycles. The van der Waals surface area contributed by atoms with E-state index in [0.717, 1.165) is 12.1 Å². The summed E-state index contributed by atoms with van der Waals surface area (Å²) in [5, 5.41) is 22.5. The van der Waals surface area contributed by atoms with Gasteiger partial charge in [0.1, 0.15) is 11.5 Å². The van der Waals surface area contributed by atoms with Crippen molar-refractivity contribution in [1.82, 2.24) is 0 Å². The Labute approximate surface area is 108 Å². The maximum Gasteiger partial charge on any atom is 0.294 e. The Balaban J connectivity index is 2.10. The molecule has 0 atom stereocenters. The lowest BCUT2D eigenvalue weighted by molar-refractivity contribution is -0.384. The number of nitro groups is 1. The zero-order chi connectivity index (χ0) is 13.3. The van der Waals surface area contributed by atoms with Crippen LogP contribution in [-0.2, 0) is 0 Å². The van der Waals surface area contributed by atoms with Crippen LogP contribution in [0.5, 0.6) is 0 Å². The monoisotopic (exact) mass is 274 g/mol. The van der Waals surface area contributed by atoms with E-state index in [4.69, 9.17) is 16.7 Å². The van der Waals surface area contributed by atoms with Crippen LogP contribution in [0.3, 0.4) is 0 Å². The number of nitro benzene ring substituents is 1. The molecule has 0 spiro atoms. The summed E-state index contributed by atoms with van der Waals surface area (Å²) in [5.74, 6) is -0.434. The van der Waals surface area contributed by atoms with Gasteiger partial charge in [-0.3, -0.25) is 10.1 Å². The van der Waals surface area contributed by atoms with Crippen LogP contribution >= 0.6 is 11.6 Å². The molecule has 0 amide bonds. The summed E-state index contributed by atoms with van der Waals surface area (Å²) in [4.78, 5) is 10.2. The van der Waals surface area contributed by atoms with E-state index in [1.165, 1.54) is 0 Å². The Morgan fingerprint density at radius 1 is 1.56 bits per heavy atom. The molecule has 1 aliphatic carbocycles. The van der Waals surface area contributed by atoms with Gasteiger partial charge in [0.15, 0.2) is 0 Å². The number of halogens is 2. The van der Waals surface area contributed by atoms with E-state index in [-0.39, 0.29) is 28.4 Å². The predicted octanol–water partition coefficient (Wildman–Crippen LogP) is 2.57. The maximum absolute atomic E-state index is 13.3. The minimum atomic E-state index is -0.696. The number of nitrogens with one attached hydrogen (secondary N) is 1. The number of rotatable bonds is 4. The maximum atomic E-state index is 13.3. The first-order valence-corrected chi connectivity index (χ1v) is 5.90. The highest BCUT2D eigenvalue weighted by Gasteiger charge is 2.27. The number of benzene rings is 1. The van der Waals surface area contributed by atoms with Gasteiger partial charge in [-0.2, -0.15) is 0 Å². The standard InChI is InChI=1S/C11H12ClFN2O3/c12-8-3-11(15(17)18)10(4-9(8)13)14-5-6-1-7(16)2-6/h3-4,6-7,14,16H,1-2,5H2. The van der Waals surface area contributed by atoms with Gasteiger partial charge in [-0.1, -0.05) is 11.6 Å². The van der Waals surface area contributed by atoms with Gasteiger partial charge in [-0.15, -0.1) is 0 Å². The summed E-state index contributed by atoms with van der Waals surface area (Å²) >= 11 is 5.51. The van der Waals surface area contributed by atoms with Crippen molar-refractivity contribution in [2.45, 2.75) is 18.9 Å². The molecule has 0 bridgehead atoms. The van der Waals surface area contributed by atoms with Crippen LogP contribution in [0.15, 0.2) is 12.1 Å². The molecular weight excluding hydrogens is 263 g/mol. The molecule has 1 saturated carbocycles. The fourth-order valence-corrected chi connectivity index (χ4v) is 2.11. The molecule has 0 aliphatic heterocycles. The van der Waals surface area contributed by atoms with Gasteiger partial charge in [0.05, 0.1) is 16.0 Å². The summed E-state index contributed by atoms with van der Waals surface area (Å²) in [6, 6.07) is 2.02. The summed E-state index contributed by atoms with van der Waals surface area (Å²) in [6.45, 7) is 0.471. The lowest BCUT2D eigenvalue weighted by atomic mass is 9.82. The lowest BCUT2D eigenvalue weighted by Gasteiger charge is -2.31. The highest BCUT2D eigenvalue weighted by molar-refractivity contribution is 6.31. The Hall–Kier alpha value is -1.40. The number of anilines is 1. The van der Waals surface area contributed by atoms with Crippen molar-refractivity contribution in [3.63, 3.8) is 0 Å². The van der Waals surface area contributed by atoms with Crippen LogP contribution in [0.1, 0.15) is 12.8 Å². The van der Waals surface area contributed by atoms with Crippen LogP contribution in [0, 0.1) is 21.8 Å². The molecule has 0 unspecified atom stereocenters. The van der Waals surface area contributed by atoms with Crippen LogP contribution < -0.4 is 5.32 Å². The molecule has 1 fully saturated rings. The number of hydrogen-bond donors (Lipinski definition) is 2. The second-order valence-electron chi connectivity index (χ2n) is 4.41. The molecule has 5 nitrogen and oxygen atoms in total. The van der Waals surface area contributed by atoms with Gasteiger partial charge < -0.3 is 10.4 Å². The van der Waals surface area contributed by atoms with Gasteiger partial charge in [-0.05, 0) is 18.8 Å². The summed E-state index contributed by atoms with van der Waals surface area (Å²) < 4.78 is 13.3. The van der Waals surface area contributed by atoms with E-state index in [0.29, 0.717) is 19.4 Å². The second-order valence-corrected chi connectivity index (χ2v) is 4.82. The first-order valence-electron chi connectivity index (χ1n) is 5.52. The van der Waals surface area contributed by atoms with Gasteiger partial charge in [0.2, 0.25) is 0 Å². The molecule has 0 aromatic heterocycles. The third-order valence-corrected chi connectivity index (χ3v) is 3.32. The fourth-order valence-electron chi connectivity index (χ4n) is 1.95. The van der Waals surface area contributed by atoms with Crippen molar-refractivity contribution in [1.29, 1.82) is 0 Å². The van der Waals surface area contributed by atoms with Gasteiger partial charge in [0.25, 0.3) is 5.69 Å². The summed E-state index contributed by atoms with van der Waals surface area (Å²) in [5.41, 5.74) is -0.135. The Bertz CT molecular complexity index is 478. The van der Waals surface area contributed by atoms with Crippen molar-refractivity contribution in [2.24, 2.45) is 5.92 Å². The molecule has 0 saturated heterocycles. The Kier molecular flexibility index (Phi) is 3.68. The molecule has 7 heteroatoms. The SMILES string of the molecule is O=[N+]([O-])c1cc(Cl)c(F)cc1NCC1CC(O)C1. The average Bonchev–Trinajstić information content (AvgIpc) is 2.26. The summed E-state index contributed by atoms with van der Waals surface area (Å²) in [6.07, 6.45) is 1.04. The van der Waals surface area contributed by atoms with E-state index in [1.807, 2.05) is 0 Å². The van der Waals surface area contributed by atoms with Crippen molar-refractivity contribution >= 4 is 23.0 Å². The van der Waals surface area contributed by atoms with Crippen LogP contribution in [0.25, 0.3) is 0 Å². The van der Waals surface area contributed by atoms with Crippen LogP contribution in [-0.4, -0.2) is 22.7 Å². The van der Waals surface area contributed by atoms with E-state index in [1.54, 1.807) is 0 Å². The van der Waals surface area contributed by atoms with Gasteiger partial charge >= 0.3 is 0 Å². The topological polar surface area (TPSA) is 75.4 Å². The highest BCUT2D eigenvalue weighted by atomic mass is 35.5. The van der Waals surface area contributed by atoms with Gasteiger partial charge in [0, 0.05) is 18.7 Å². The molecular formula is C11H12ClFN2O3. The van der Waals surface area contributed by atoms with Crippen molar-refractivity contribution in [3.05, 3.63) is 33.1 Å². The quantitative estimate of drug-likeness (QED) is 0.653. The second kappa shape index (κ2) is 5.07. The minimum Gasteiger partial charge on any atom is -0.393 e. The van der Waals surface area contributed by atoms with E-state index in [9.17, 15) is 14.5 Å². The van der Waals surface area contributed by atoms with Crippen molar-refractivity contribution in [3.8, 4) is 0 Å². The Morgan fingerprint density at radius 2 is 2.22 bits per heavy atom. The first kappa shape index (κ1) is 13.0. The minimum absolute atomic E-state index is 0.114. The lowest BCUT2D eigenvalue weighted by Crippen LogP contribution is -2.33. The van der Waals surface area contributed by atoms with Crippen LogP contribution in [0.2, 0.25) is 5.02 Å². The number of aliphatic hydroxyl groups excluding tert-OH is 1. The van der Waals surface area contributed by atoms with Crippen molar-refractivity contribution in [2.75, 3.05) is 11.9 Å². The molecule has 98 valence electrons. The molecule has 2 rings (SSSR count). The van der Waals surface area contributed by atoms with Crippen molar-refractivity contribution < 1.29 is 14.4 Å². The molecule has 0 radical (unpaired) electrons. The predicted molar refractivity (Wildman–Crippen MR) is 65.3 cm³/mol. The zero-order valence-corrected chi connectivity index (χ0v) is 10.2. The highest BCUT2D eigenvalue weighted by Crippen LogP contribution is 2.32. The molecule has 1 aromatic carbocycles. The smallest absolute Gasteiger partial charge is 0.294 e.